The predicted molar refractivity (Wildman–Crippen MR) is 78.2 cm³/mol. The van der Waals surface area contributed by atoms with Gasteiger partial charge in [-0.3, -0.25) is 0 Å². The lowest BCUT2D eigenvalue weighted by Crippen LogP contribution is -2.57. The zero-order valence-electron chi connectivity index (χ0n) is 11.7. The van der Waals surface area contributed by atoms with Gasteiger partial charge in [0.05, 0.1) is 6.61 Å². The van der Waals surface area contributed by atoms with E-state index in [9.17, 15) is 0 Å². The Labute approximate surface area is 114 Å². The molecule has 2 nitrogen and oxygen atoms in total. The molecule has 0 spiro atoms. The average Bonchev–Trinajstić information content (AvgIpc) is 2.39. The van der Waals surface area contributed by atoms with Crippen LogP contribution in [0.15, 0.2) is 29.2 Å². The van der Waals surface area contributed by atoms with Crippen LogP contribution >= 0.6 is 11.8 Å². The summed E-state index contributed by atoms with van der Waals surface area (Å²) in [7, 11) is 0. The summed E-state index contributed by atoms with van der Waals surface area (Å²) in [5, 5.41) is 3.55. The number of thioether (sulfide) groups is 1. The van der Waals surface area contributed by atoms with E-state index in [0.29, 0.717) is 12.0 Å². The Hall–Kier alpha value is -0.510. The SMILES string of the molecule is CSc1ccc(C2(C(C)C)OCCNC2C)cc1. The Balaban J connectivity index is 2.39. The highest BCUT2D eigenvalue weighted by molar-refractivity contribution is 7.98. The van der Waals surface area contributed by atoms with Crippen molar-refractivity contribution in [1.82, 2.24) is 5.32 Å². The molecule has 0 bridgehead atoms. The van der Waals surface area contributed by atoms with E-state index in [4.69, 9.17) is 4.74 Å². The van der Waals surface area contributed by atoms with Gasteiger partial charge in [-0.2, -0.15) is 0 Å². The van der Waals surface area contributed by atoms with Gasteiger partial charge in [0.25, 0.3) is 0 Å². The summed E-state index contributed by atoms with van der Waals surface area (Å²) in [4.78, 5) is 1.30. The molecule has 0 saturated carbocycles. The van der Waals surface area contributed by atoms with E-state index < -0.39 is 0 Å². The second-order valence-electron chi connectivity index (χ2n) is 5.20. The number of morpholine rings is 1. The number of hydrogen-bond acceptors (Lipinski definition) is 3. The van der Waals surface area contributed by atoms with Gasteiger partial charge in [0, 0.05) is 17.5 Å². The van der Waals surface area contributed by atoms with Crippen molar-refractivity contribution >= 4 is 11.8 Å². The molecule has 18 heavy (non-hydrogen) atoms. The number of hydrogen-bond donors (Lipinski definition) is 1. The lowest BCUT2D eigenvalue weighted by atomic mass is 9.77. The minimum Gasteiger partial charge on any atom is -0.367 e. The van der Waals surface area contributed by atoms with Gasteiger partial charge >= 0.3 is 0 Å². The van der Waals surface area contributed by atoms with E-state index in [1.165, 1.54) is 10.5 Å². The van der Waals surface area contributed by atoms with Crippen molar-refractivity contribution in [2.75, 3.05) is 19.4 Å². The second kappa shape index (κ2) is 5.64. The predicted octanol–water partition coefficient (Wildman–Crippen LogP) is 3.27. The lowest BCUT2D eigenvalue weighted by Gasteiger charge is -2.46. The standard InChI is InChI=1S/C15H23NOS/c1-11(2)15(12(3)16-9-10-17-15)13-5-7-14(18-4)8-6-13/h5-8,11-12,16H,9-10H2,1-4H3. The fourth-order valence-corrected chi connectivity index (χ4v) is 3.37. The molecule has 2 rings (SSSR count). The maximum atomic E-state index is 6.23. The summed E-state index contributed by atoms with van der Waals surface area (Å²) in [6, 6.07) is 9.15. The largest absolute Gasteiger partial charge is 0.367 e. The summed E-state index contributed by atoms with van der Waals surface area (Å²) >= 11 is 1.78. The first-order chi connectivity index (χ1) is 8.61. The number of ether oxygens (including phenoxy) is 1. The first-order valence-corrected chi connectivity index (χ1v) is 7.85. The highest BCUT2D eigenvalue weighted by Crippen LogP contribution is 2.39. The molecule has 0 aliphatic carbocycles. The molecule has 1 N–H and O–H groups in total. The van der Waals surface area contributed by atoms with Crippen molar-refractivity contribution in [3.05, 3.63) is 29.8 Å². The molecule has 0 amide bonds. The highest BCUT2D eigenvalue weighted by Gasteiger charge is 2.43. The fraction of sp³-hybridized carbons (Fsp3) is 0.600. The van der Waals surface area contributed by atoms with Gasteiger partial charge in [-0.05, 0) is 36.8 Å². The molecule has 100 valence electrons. The molecule has 2 unspecified atom stereocenters. The molecule has 1 heterocycles. The summed E-state index contributed by atoms with van der Waals surface area (Å²) in [5.41, 5.74) is 1.09. The van der Waals surface area contributed by atoms with Gasteiger partial charge in [-0.1, -0.05) is 26.0 Å². The normalized spacial score (nSPS) is 28.6. The van der Waals surface area contributed by atoms with Crippen molar-refractivity contribution < 1.29 is 4.74 Å². The number of benzene rings is 1. The maximum absolute atomic E-state index is 6.23. The van der Waals surface area contributed by atoms with Gasteiger partial charge < -0.3 is 10.1 Å². The fourth-order valence-electron chi connectivity index (χ4n) is 2.96. The average molecular weight is 265 g/mol. The summed E-state index contributed by atoms with van der Waals surface area (Å²) < 4.78 is 6.23. The molecular formula is C15H23NOS. The number of nitrogens with one attached hydrogen (secondary N) is 1. The molecule has 1 aliphatic rings. The van der Waals surface area contributed by atoms with Crippen LogP contribution in [-0.2, 0) is 10.3 Å². The molecule has 0 radical (unpaired) electrons. The van der Waals surface area contributed by atoms with Crippen LogP contribution in [0.25, 0.3) is 0 Å². The third-order valence-electron chi connectivity index (χ3n) is 3.94. The minimum atomic E-state index is -0.199. The molecule has 1 aromatic rings. The molecule has 1 fully saturated rings. The molecule has 2 atom stereocenters. The Morgan fingerprint density at radius 1 is 1.33 bits per heavy atom. The van der Waals surface area contributed by atoms with Crippen molar-refractivity contribution in [2.24, 2.45) is 5.92 Å². The minimum absolute atomic E-state index is 0.199. The third kappa shape index (κ3) is 2.31. The Kier molecular flexibility index (Phi) is 4.36. The molecule has 1 saturated heterocycles. The topological polar surface area (TPSA) is 21.3 Å². The van der Waals surface area contributed by atoms with E-state index in [1.54, 1.807) is 11.8 Å². The van der Waals surface area contributed by atoms with Crippen LogP contribution in [-0.4, -0.2) is 25.4 Å². The molecule has 1 aliphatic heterocycles. The van der Waals surface area contributed by atoms with Gasteiger partial charge in [0.1, 0.15) is 5.60 Å². The van der Waals surface area contributed by atoms with E-state index >= 15 is 0 Å². The van der Waals surface area contributed by atoms with Crippen LogP contribution in [0.5, 0.6) is 0 Å². The van der Waals surface area contributed by atoms with Crippen LogP contribution in [0.3, 0.4) is 0 Å². The summed E-state index contributed by atoms with van der Waals surface area (Å²) in [5.74, 6) is 0.445. The van der Waals surface area contributed by atoms with E-state index in [-0.39, 0.29) is 5.60 Å². The zero-order chi connectivity index (χ0) is 13.2. The van der Waals surface area contributed by atoms with Crippen molar-refractivity contribution in [3.63, 3.8) is 0 Å². The van der Waals surface area contributed by atoms with Gasteiger partial charge in [0.2, 0.25) is 0 Å². The van der Waals surface area contributed by atoms with E-state index in [1.807, 2.05) is 0 Å². The van der Waals surface area contributed by atoms with Gasteiger partial charge in [-0.15, -0.1) is 11.8 Å². The zero-order valence-corrected chi connectivity index (χ0v) is 12.5. The first-order valence-electron chi connectivity index (χ1n) is 6.63. The van der Waals surface area contributed by atoms with Crippen LogP contribution in [0.4, 0.5) is 0 Å². The summed E-state index contributed by atoms with van der Waals surface area (Å²) in [6.07, 6.45) is 2.11. The smallest absolute Gasteiger partial charge is 0.110 e. The monoisotopic (exact) mass is 265 g/mol. The van der Waals surface area contributed by atoms with Crippen molar-refractivity contribution in [1.29, 1.82) is 0 Å². The van der Waals surface area contributed by atoms with Crippen molar-refractivity contribution in [3.8, 4) is 0 Å². The van der Waals surface area contributed by atoms with Crippen LogP contribution in [0.2, 0.25) is 0 Å². The van der Waals surface area contributed by atoms with Crippen molar-refractivity contribution in [2.45, 2.75) is 37.3 Å². The van der Waals surface area contributed by atoms with E-state index in [2.05, 4.69) is 56.6 Å². The van der Waals surface area contributed by atoms with Crippen LogP contribution in [0, 0.1) is 5.92 Å². The Morgan fingerprint density at radius 2 is 2.00 bits per heavy atom. The lowest BCUT2D eigenvalue weighted by molar-refractivity contribution is -0.128. The Bertz CT molecular complexity index is 390. The van der Waals surface area contributed by atoms with Crippen LogP contribution in [0.1, 0.15) is 26.3 Å². The maximum Gasteiger partial charge on any atom is 0.110 e. The molecule has 0 aromatic heterocycles. The van der Waals surface area contributed by atoms with Gasteiger partial charge in [-0.25, -0.2) is 0 Å². The highest BCUT2D eigenvalue weighted by atomic mass is 32.2. The Morgan fingerprint density at radius 3 is 2.50 bits per heavy atom. The van der Waals surface area contributed by atoms with Gasteiger partial charge in [0.15, 0.2) is 0 Å². The number of rotatable bonds is 3. The quantitative estimate of drug-likeness (QED) is 0.848. The molecule has 1 aromatic carbocycles. The first kappa shape index (κ1) is 13.9. The molecule has 3 heteroatoms. The van der Waals surface area contributed by atoms with E-state index in [0.717, 1.165) is 13.2 Å². The summed E-state index contributed by atoms with van der Waals surface area (Å²) in [6.45, 7) is 8.44. The third-order valence-corrected chi connectivity index (χ3v) is 4.68. The van der Waals surface area contributed by atoms with Crippen LogP contribution < -0.4 is 5.32 Å². The molecular weight excluding hydrogens is 242 g/mol. The second-order valence-corrected chi connectivity index (χ2v) is 6.08.